The van der Waals surface area contributed by atoms with Crippen LogP contribution in [-0.4, -0.2) is 31.4 Å². The number of hydrogen-bond donors (Lipinski definition) is 1. The Morgan fingerprint density at radius 2 is 1.73 bits per heavy atom. The van der Waals surface area contributed by atoms with Crippen LogP contribution in [0.2, 0.25) is 10.0 Å². The minimum Gasteiger partial charge on any atom is -0.272 e. The number of rotatable bonds is 8. The minimum absolute atomic E-state index is 0.0455. The Morgan fingerprint density at radius 3 is 2.36 bits per heavy atom. The van der Waals surface area contributed by atoms with Gasteiger partial charge in [0.25, 0.3) is 5.91 Å². The van der Waals surface area contributed by atoms with E-state index in [-0.39, 0.29) is 15.5 Å². The number of amides is 1. The summed E-state index contributed by atoms with van der Waals surface area (Å²) in [6.07, 6.45) is 1.43. The average molecular weight is 508 g/mol. The van der Waals surface area contributed by atoms with Crippen LogP contribution < -0.4 is 5.43 Å². The molecule has 0 saturated carbocycles. The number of carbonyl (C=O) groups excluding carboxylic acids is 1. The predicted molar refractivity (Wildman–Crippen MR) is 127 cm³/mol. The number of hydrazone groups is 1. The van der Waals surface area contributed by atoms with Gasteiger partial charge in [-0.25, -0.2) is 18.2 Å². The van der Waals surface area contributed by atoms with Gasteiger partial charge < -0.3 is 0 Å². The summed E-state index contributed by atoms with van der Waals surface area (Å²) in [5, 5.41) is 4.26. The molecule has 3 aromatic carbocycles. The van der Waals surface area contributed by atoms with Gasteiger partial charge in [0.15, 0.2) is 0 Å². The molecule has 0 radical (unpaired) electrons. The van der Waals surface area contributed by atoms with Crippen molar-refractivity contribution in [3.8, 4) is 0 Å². The highest BCUT2D eigenvalue weighted by molar-refractivity contribution is 7.89. The van der Waals surface area contributed by atoms with Crippen LogP contribution in [0.3, 0.4) is 0 Å². The quantitative estimate of drug-likeness (QED) is 0.351. The molecule has 0 fully saturated rings. The zero-order valence-corrected chi connectivity index (χ0v) is 19.8. The van der Waals surface area contributed by atoms with Gasteiger partial charge in [-0.05, 0) is 48.9 Å². The predicted octanol–water partition coefficient (Wildman–Crippen LogP) is 4.78. The number of nitrogens with zero attached hydrogens (tertiary/aromatic N) is 2. The number of benzene rings is 3. The third-order valence-corrected chi connectivity index (χ3v) is 7.06. The molecular weight excluding hydrogens is 488 g/mol. The van der Waals surface area contributed by atoms with Crippen molar-refractivity contribution in [2.45, 2.75) is 18.4 Å². The Hall–Kier alpha value is -2.78. The van der Waals surface area contributed by atoms with Crippen LogP contribution in [0.1, 0.15) is 16.7 Å². The number of carbonyl (C=O) groups is 1. The fourth-order valence-corrected chi connectivity index (χ4v) is 4.58. The maximum atomic E-state index is 14.4. The summed E-state index contributed by atoms with van der Waals surface area (Å²) in [5.41, 5.74) is 4.08. The topological polar surface area (TPSA) is 78.8 Å². The maximum absolute atomic E-state index is 14.4. The molecule has 6 nitrogen and oxygen atoms in total. The Kier molecular flexibility index (Phi) is 8.20. The fourth-order valence-electron chi connectivity index (χ4n) is 2.87. The van der Waals surface area contributed by atoms with Gasteiger partial charge in [0.05, 0.1) is 17.7 Å². The fraction of sp³-hybridized carbons (Fsp3) is 0.130. The second-order valence-electron chi connectivity index (χ2n) is 7.13. The molecule has 1 amide bonds. The van der Waals surface area contributed by atoms with E-state index >= 15 is 0 Å². The van der Waals surface area contributed by atoms with Crippen LogP contribution in [0, 0.1) is 12.7 Å². The lowest BCUT2D eigenvalue weighted by Crippen LogP contribution is -2.39. The van der Waals surface area contributed by atoms with Crippen LogP contribution in [0.5, 0.6) is 0 Å². The number of sulfonamides is 1. The maximum Gasteiger partial charge on any atom is 0.255 e. The van der Waals surface area contributed by atoms with Gasteiger partial charge in [-0.15, -0.1) is 0 Å². The third kappa shape index (κ3) is 6.61. The van der Waals surface area contributed by atoms with E-state index in [2.05, 4.69) is 10.5 Å². The highest BCUT2D eigenvalue weighted by atomic mass is 35.5. The van der Waals surface area contributed by atoms with E-state index < -0.39 is 34.8 Å². The minimum atomic E-state index is -4.19. The summed E-state index contributed by atoms with van der Waals surface area (Å²) in [5.74, 6) is -1.39. The Balaban J connectivity index is 1.84. The lowest BCUT2D eigenvalue weighted by molar-refractivity contribution is -0.121. The number of hydrogen-bond acceptors (Lipinski definition) is 4. The number of aryl methyl sites for hydroxylation is 1. The molecule has 10 heteroatoms. The zero-order valence-electron chi connectivity index (χ0n) is 17.5. The standard InChI is InChI=1S/C23H20Cl2FN3O3S/c1-16-5-7-17(8-6-16)13-27-28-23(30)15-29(14-20-21(25)3-2-4-22(20)26)33(31,32)19-11-9-18(24)10-12-19/h2-13H,14-15H2,1H3,(H,28,30)/b27-13-. The molecule has 0 saturated heterocycles. The first-order valence-corrected chi connectivity index (χ1v) is 11.9. The van der Waals surface area contributed by atoms with Crippen molar-refractivity contribution in [2.75, 3.05) is 6.54 Å². The molecule has 0 aliphatic heterocycles. The SMILES string of the molecule is Cc1ccc(/C=N\NC(=O)CN(Cc2c(F)cccc2Cl)S(=O)(=O)c2ccc(Cl)cc2)cc1. The van der Waals surface area contributed by atoms with Crippen LogP contribution in [0.15, 0.2) is 76.7 Å². The van der Waals surface area contributed by atoms with E-state index in [1.807, 2.05) is 31.2 Å². The van der Waals surface area contributed by atoms with Gasteiger partial charge >= 0.3 is 0 Å². The van der Waals surface area contributed by atoms with E-state index in [1.165, 1.54) is 48.7 Å². The summed E-state index contributed by atoms with van der Waals surface area (Å²) in [7, 11) is -4.19. The van der Waals surface area contributed by atoms with Crippen molar-refractivity contribution in [1.82, 2.24) is 9.73 Å². The molecule has 172 valence electrons. The molecular formula is C23H20Cl2FN3O3S. The van der Waals surface area contributed by atoms with Crippen LogP contribution in [0.4, 0.5) is 4.39 Å². The van der Waals surface area contributed by atoms with Crippen molar-refractivity contribution < 1.29 is 17.6 Å². The monoisotopic (exact) mass is 507 g/mol. The molecule has 0 heterocycles. The first-order valence-electron chi connectivity index (χ1n) is 9.74. The Morgan fingerprint density at radius 1 is 1.06 bits per heavy atom. The van der Waals surface area contributed by atoms with Crippen molar-refractivity contribution >= 4 is 45.3 Å². The highest BCUT2D eigenvalue weighted by Crippen LogP contribution is 2.25. The Labute approximate surface area is 201 Å². The van der Waals surface area contributed by atoms with E-state index in [0.29, 0.717) is 5.02 Å². The van der Waals surface area contributed by atoms with Crippen molar-refractivity contribution in [3.63, 3.8) is 0 Å². The van der Waals surface area contributed by atoms with E-state index in [4.69, 9.17) is 23.2 Å². The summed E-state index contributed by atoms with van der Waals surface area (Å²) >= 11 is 11.9. The molecule has 0 aliphatic carbocycles. The van der Waals surface area contributed by atoms with Gasteiger partial charge in [0.2, 0.25) is 10.0 Å². The molecule has 0 bridgehead atoms. The number of halogens is 3. The molecule has 1 N–H and O–H groups in total. The largest absolute Gasteiger partial charge is 0.272 e. The van der Waals surface area contributed by atoms with Crippen LogP contribution >= 0.6 is 23.2 Å². The van der Waals surface area contributed by atoms with Gasteiger partial charge in [-0.1, -0.05) is 59.1 Å². The molecule has 3 aromatic rings. The third-order valence-electron chi connectivity index (χ3n) is 4.65. The first kappa shape index (κ1) is 24.9. The van der Waals surface area contributed by atoms with Gasteiger partial charge in [0.1, 0.15) is 5.82 Å². The van der Waals surface area contributed by atoms with E-state index in [0.717, 1.165) is 15.4 Å². The van der Waals surface area contributed by atoms with Crippen molar-refractivity contribution in [2.24, 2.45) is 5.10 Å². The summed E-state index contributed by atoms with van der Waals surface area (Å²) < 4.78 is 41.7. The lowest BCUT2D eigenvalue weighted by atomic mass is 10.2. The van der Waals surface area contributed by atoms with E-state index in [1.54, 1.807) is 0 Å². The molecule has 0 spiro atoms. The molecule has 0 atom stereocenters. The van der Waals surface area contributed by atoms with Crippen LogP contribution in [-0.2, 0) is 21.4 Å². The summed E-state index contributed by atoms with van der Waals surface area (Å²) in [6.45, 7) is 0.882. The summed E-state index contributed by atoms with van der Waals surface area (Å²) in [4.78, 5) is 12.4. The van der Waals surface area contributed by atoms with Crippen LogP contribution in [0.25, 0.3) is 0 Å². The molecule has 0 unspecified atom stereocenters. The highest BCUT2D eigenvalue weighted by Gasteiger charge is 2.28. The second kappa shape index (κ2) is 10.9. The average Bonchev–Trinajstić information content (AvgIpc) is 2.77. The van der Waals surface area contributed by atoms with Gasteiger partial charge in [0, 0.05) is 22.2 Å². The van der Waals surface area contributed by atoms with Crippen molar-refractivity contribution in [1.29, 1.82) is 0 Å². The van der Waals surface area contributed by atoms with Gasteiger partial charge in [-0.3, -0.25) is 4.79 Å². The molecule has 0 aromatic heterocycles. The molecule has 33 heavy (non-hydrogen) atoms. The van der Waals surface area contributed by atoms with Gasteiger partial charge in [-0.2, -0.15) is 9.41 Å². The zero-order chi connectivity index (χ0) is 24.0. The molecule has 3 rings (SSSR count). The smallest absolute Gasteiger partial charge is 0.255 e. The summed E-state index contributed by atoms with van der Waals surface area (Å²) in [6, 6.07) is 16.9. The van der Waals surface area contributed by atoms with E-state index in [9.17, 15) is 17.6 Å². The number of nitrogens with one attached hydrogen (secondary N) is 1. The second-order valence-corrected chi connectivity index (χ2v) is 9.91. The molecule has 0 aliphatic rings. The normalized spacial score (nSPS) is 11.8. The van der Waals surface area contributed by atoms with Crippen molar-refractivity contribution in [3.05, 3.63) is 99.3 Å². The first-order chi connectivity index (χ1) is 15.7. The Bertz CT molecular complexity index is 1240. The lowest BCUT2D eigenvalue weighted by Gasteiger charge is -2.22.